The predicted molar refractivity (Wildman–Crippen MR) is 72.2 cm³/mol. The molecule has 0 aliphatic carbocycles. The van der Waals surface area contributed by atoms with E-state index in [-0.39, 0.29) is 11.8 Å². The minimum atomic E-state index is -0.732. The van der Waals surface area contributed by atoms with E-state index in [0.29, 0.717) is 12.5 Å². The molecule has 0 aromatic carbocycles. The lowest BCUT2D eigenvalue weighted by atomic mass is 9.90. The van der Waals surface area contributed by atoms with Crippen LogP contribution in [0.2, 0.25) is 0 Å². The summed E-state index contributed by atoms with van der Waals surface area (Å²) in [7, 11) is 0. The number of hydrogen-bond acceptors (Lipinski definition) is 3. The molecule has 0 aromatic heterocycles. The molecule has 0 radical (unpaired) electrons. The molecule has 0 aromatic rings. The maximum atomic E-state index is 10.5. The van der Waals surface area contributed by atoms with E-state index < -0.39 is 5.97 Å². The Kier molecular flexibility index (Phi) is 7.61. The minimum Gasteiger partial charge on any atom is -0.481 e. The Morgan fingerprint density at radius 2 is 1.89 bits per heavy atom. The topological polar surface area (TPSA) is 64.3 Å². The van der Waals surface area contributed by atoms with Gasteiger partial charge in [0.05, 0.1) is 11.5 Å². The summed E-state index contributed by atoms with van der Waals surface area (Å²) in [5, 5.41) is 17.6. The summed E-state index contributed by atoms with van der Waals surface area (Å²) >= 11 is 0. The van der Waals surface area contributed by atoms with Crippen LogP contribution in [-0.2, 0) is 4.79 Å². The second-order valence-electron chi connectivity index (χ2n) is 5.73. The highest BCUT2D eigenvalue weighted by Gasteiger charge is 2.17. The number of nitriles is 1. The van der Waals surface area contributed by atoms with Gasteiger partial charge in [-0.05, 0) is 60.0 Å². The Hall–Kier alpha value is -1.08. The third-order valence-electron chi connectivity index (χ3n) is 3.12. The molecule has 0 aliphatic rings. The fourth-order valence-corrected chi connectivity index (χ4v) is 1.84. The van der Waals surface area contributed by atoms with Gasteiger partial charge in [-0.15, -0.1) is 0 Å². The SMILES string of the molecule is CC(C)N(CCCC(=O)O)CCCC(C)(C)C#N. The van der Waals surface area contributed by atoms with Crippen molar-refractivity contribution in [1.29, 1.82) is 5.26 Å². The van der Waals surface area contributed by atoms with E-state index in [1.165, 1.54) is 0 Å². The van der Waals surface area contributed by atoms with Crippen LogP contribution in [-0.4, -0.2) is 35.1 Å². The second kappa shape index (κ2) is 8.10. The Bertz CT molecular complexity index is 293. The molecular formula is C14H26N2O2. The van der Waals surface area contributed by atoms with Gasteiger partial charge in [-0.25, -0.2) is 0 Å². The molecule has 0 amide bonds. The van der Waals surface area contributed by atoms with Crippen molar-refractivity contribution in [3.8, 4) is 6.07 Å². The second-order valence-corrected chi connectivity index (χ2v) is 5.73. The Labute approximate surface area is 111 Å². The average Bonchev–Trinajstić information content (AvgIpc) is 2.26. The van der Waals surface area contributed by atoms with Crippen LogP contribution in [0.3, 0.4) is 0 Å². The van der Waals surface area contributed by atoms with Gasteiger partial charge < -0.3 is 10.0 Å². The maximum Gasteiger partial charge on any atom is 0.303 e. The lowest BCUT2D eigenvalue weighted by molar-refractivity contribution is -0.137. The number of carboxylic acids is 1. The molecule has 0 atom stereocenters. The zero-order valence-corrected chi connectivity index (χ0v) is 12.1. The van der Waals surface area contributed by atoms with Crippen molar-refractivity contribution in [1.82, 2.24) is 4.90 Å². The fourth-order valence-electron chi connectivity index (χ4n) is 1.84. The zero-order valence-electron chi connectivity index (χ0n) is 12.1. The van der Waals surface area contributed by atoms with Gasteiger partial charge in [-0.3, -0.25) is 4.79 Å². The van der Waals surface area contributed by atoms with Crippen molar-refractivity contribution in [2.45, 2.75) is 59.4 Å². The molecule has 0 unspecified atom stereocenters. The number of carbonyl (C=O) groups is 1. The van der Waals surface area contributed by atoms with E-state index in [0.717, 1.165) is 25.9 Å². The van der Waals surface area contributed by atoms with E-state index in [9.17, 15) is 4.79 Å². The number of nitrogens with zero attached hydrogens (tertiary/aromatic N) is 2. The van der Waals surface area contributed by atoms with E-state index in [2.05, 4.69) is 24.8 Å². The molecule has 0 saturated heterocycles. The smallest absolute Gasteiger partial charge is 0.303 e. The molecule has 1 N–H and O–H groups in total. The van der Waals surface area contributed by atoms with Crippen LogP contribution < -0.4 is 0 Å². The standard InChI is InChI=1S/C14H26N2O2/c1-12(2)16(9-5-7-13(17)18)10-6-8-14(3,4)11-15/h12H,5-10H2,1-4H3,(H,17,18). The van der Waals surface area contributed by atoms with E-state index in [4.69, 9.17) is 10.4 Å². The fraction of sp³-hybridized carbons (Fsp3) is 0.857. The van der Waals surface area contributed by atoms with Gasteiger partial charge in [0, 0.05) is 12.5 Å². The first-order chi connectivity index (χ1) is 8.28. The minimum absolute atomic E-state index is 0.229. The Morgan fingerprint density at radius 3 is 2.33 bits per heavy atom. The molecule has 0 spiro atoms. The summed E-state index contributed by atoms with van der Waals surface area (Å²) in [6.45, 7) is 9.90. The van der Waals surface area contributed by atoms with Crippen molar-refractivity contribution in [2.75, 3.05) is 13.1 Å². The highest BCUT2D eigenvalue weighted by Crippen LogP contribution is 2.21. The van der Waals surface area contributed by atoms with Crippen LogP contribution in [0.5, 0.6) is 0 Å². The van der Waals surface area contributed by atoms with Gasteiger partial charge >= 0.3 is 5.97 Å². The predicted octanol–water partition coefficient (Wildman–Crippen LogP) is 2.89. The first kappa shape index (κ1) is 16.9. The van der Waals surface area contributed by atoms with Crippen LogP contribution in [0, 0.1) is 16.7 Å². The summed E-state index contributed by atoms with van der Waals surface area (Å²) in [6, 6.07) is 2.73. The van der Waals surface area contributed by atoms with Gasteiger partial charge in [0.2, 0.25) is 0 Å². The van der Waals surface area contributed by atoms with Crippen LogP contribution in [0.1, 0.15) is 53.4 Å². The number of rotatable bonds is 9. The largest absolute Gasteiger partial charge is 0.481 e. The van der Waals surface area contributed by atoms with Crippen molar-refractivity contribution in [3.05, 3.63) is 0 Å². The molecule has 4 nitrogen and oxygen atoms in total. The Morgan fingerprint density at radius 1 is 1.33 bits per heavy atom. The maximum absolute atomic E-state index is 10.5. The number of hydrogen-bond donors (Lipinski definition) is 1. The number of aliphatic carboxylic acids is 1. The van der Waals surface area contributed by atoms with Gasteiger partial charge in [-0.1, -0.05) is 0 Å². The molecule has 0 bridgehead atoms. The molecule has 0 fully saturated rings. The van der Waals surface area contributed by atoms with Crippen LogP contribution in [0.15, 0.2) is 0 Å². The first-order valence-corrected chi connectivity index (χ1v) is 6.65. The number of carboxylic acid groups (broad SMARTS) is 1. The first-order valence-electron chi connectivity index (χ1n) is 6.65. The molecule has 0 aliphatic heterocycles. The van der Waals surface area contributed by atoms with E-state index >= 15 is 0 Å². The van der Waals surface area contributed by atoms with E-state index in [1.54, 1.807) is 0 Å². The lowest BCUT2D eigenvalue weighted by Gasteiger charge is -2.27. The van der Waals surface area contributed by atoms with Crippen LogP contribution >= 0.6 is 0 Å². The average molecular weight is 254 g/mol. The van der Waals surface area contributed by atoms with E-state index in [1.807, 2.05) is 13.8 Å². The molecular weight excluding hydrogens is 228 g/mol. The van der Waals surface area contributed by atoms with Crippen LogP contribution in [0.25, 0.3) is 0 Å². The summed E-state index contributed by atoms with van der Waals surface area (Å²) < 4.78 is 0. The van der Waals surface area contributed by atoms with Crippen molar-refractivity contribution >= 4 is 5.97 Å². The van der Waals surface area contributed by atoms with Crippen molar-refractivity contribution in [2.24, 2.45) is 5.41 Å². The summed E-state index contributed by atoms with van der Waals surface area (Å²) in [6.07, 6.45) is 2.78. The molecule has 0 heterocycles. The third-order valence-corrected chi connectivity index (χ3v) is 3.12. The molecule has 0 saturated carbocycles. The highest BCUT2D eigenvalue weighted by atomic mass is 16.4. The molecule has 4 heteroatoms. The van der Waals surface area contributed by atoms with Gasteiger partial charge in [0.15, 0.2) is 0 Å². The highest BCUT2D eigenvalue weighted by molar-refractivity contribution is 5.66. The van der Waals surface area contributed by atoms with Crippen molar-refractivity contribution < 1.29 is 9.90 Å². The summed E-state index contributed by atoms with van der Waals surface area (Å²) in [5.74, 6) is -0.732. The third kappa shape index (κ3) is 8.08. The quantitative estimate of drug-likeness (QED) is 0.687. The summed E-state index contributed by atoms with van der Waals surface area (Å²) in [5.41, 5.74) is -0.260. The van der Waals surface area contributed by atoms with Gasteiger partial charge in [0.1, 0.15) is 0 Å². The Balaban J connectivity index is 3.99. The van der Waals surface area contributed by atoms with Gasteiger partial charge in [-0.2, -0.15) is 5.26 Å². The zero-order chi connectivity index (χ0) is 14.2. The normalized spacial score (nSPS) is 11.8. The van der Waals surface area contributed by atoms with Crippen LogP contribution in [0.4, 0.5) is 0 Å². The molecule has 0 rings (SSSR count). The van der Waals surface area contributed by atoms with Crippen molar-refractivity contribution in [3.63, 3.8) is 0 Å². The summed E-state index contributed by atoms with van der Waals surface area (Å²) in [4.78, 5) is 12.8. The molecule has 104 valence electrons. The van der Waals surface area contributed by atoms with Gasteiger partial charge in [0.25, 0.3) is 0 Å². The lowest BCUT2D eigenvalue weighted by Crippen LogP contribution is -2.33. The monoisotopic (exact) mass is 254 g/mol. The molecule has 18 heavy (non-hydrogen) atoms.